The molecule has 0 saturated carbocycles. The van der Waals surface area contributed by atoms with Gasteiger partial charge in [0.05, 0.1) is 6.20 Å². The Balaban J connectivity index is 2.75. The van der Waals surface area contributed by atoms with Crippen LogP contribution in [0.5, 0.6) is 0 Å². The van der Waals surface area contributed by atoms with Gasteiger partial charge >= 0.3 is 0 Å². The fourth-order valence-corrected chi connectivity index (χ4v) is 0.967. The van der Waals surface area contributed by atoms with Crippen molar-refractivity contribution in [2.75, 3.05) is 0 Å². The molecular formula is C7H6N4O. The van der Waals surface area contributed by atoms with Crippen LogP contribution in [0.1, 0.15) is 16.4 Å². The molecule has 0 aliphatic rings. The number of imidazole rings is 1. The number of hydrogen-bond acceptors (Lipinski definition) is 4. The first-order chi connectivity index (χ1) is 5.79. The minimum atomic E-state index is 0.282. The van der Waals surface area contributed by atoms with Crippen molar-refractivity contribution in [3.05, 3.63) is 17.8 Å². The second kappa shape index (κ2) is 2.37. The van der Waals surface area contributed by atoms with Gasteiger partial charge in [-0.3, -0.25) is 4.79 Å². The molecule has 12 heavy (non-hydrogen) atoms. The molecule has 0 aliphatic carbocycles. The van der Waals surface area contributed by atoms with Crippen LogP contribution in [-0.4, -0.2) is 26.2 Å². The fourth-order valence-electron chi connectivity index (χ4n) is 0.967. The van der Waals surface area contributed by atoms with Crippen LogP contribution in [0.3, 0.4) is 0 Å². The molecule has 0 aliphatic heterocycles. The summed E-state index contributed by atoms with van der Waals surface area (Å²) in [6.07, 6.45) is 2.26. The molecule has 0 bridgehead atoms. The van der Waals surface area contributed by atoms with E-state index in [4.69, 9.17) is 0 Å². The van der Waals surface area contributed by atoms with E-state index >= 15 is 0 Å². The van der Waals surface area contributed by atoms with Gasteiger partial charge in [0, 0.05) is 0 Å². The van der Waals surface area contributed by atoms with E-state index in [-0.39, 0.29) is 5.82 Å². The third-order valence-electron chi connectivity index (χ3n) is 1.49. The van der Waals surface area contributed by atoms with Crippen LogP contribution in [0, 0.1) is 6.92 Å². The first-order valence-electron chi connectivity index (χ1n) is 3.44. The first kappa shape index (κ1) is 6.90. The number of aromatic nitrogens is 4. The van der Waals surface area contributed by atoms with Gasteiger partial charge in [-0.05, 0) is 6.92 Å². The summed E-state index contributed by atoms with van der Waals surface area (Å²) in [7, 11) is 0. The van der Waals surface area contributed by atoms with Crippen molar-refractivity contribution in [1.82, 2.24) is 19.9 Å². The minimum Gasteiger partial charge on any atom is -0.333 e. The number of H-pyrrole nitrogens is 1. The highest BCUT2D eigenvalue weighted by atomic mass is 16.1. The highest BCUT2D eigenvalue weighted by molar-refractivity contribution is 5.78. The zero-order valence-electron chi connectivity index (χ0n) is 6.40. The highest BCUT2D eigenvalue weighted by Gasteiger charge is 2.02. The summed E-state index contributed by atoms with van der Waals surface area (Å²) in [6.45, 7) is 1.77. The monoisotopic (exact) mass is 162 g/mol. The van der Waals surface area contributed by atoms with E-state index in [0.29, 0.717) is 23.3 Å². The maximum Gasteiger partial charge on any atom is 0.185 e. The van der Waals surface area contributed by atoms with E-state index in [1.165, 1.54) is 0 Å². The first-order valence-corrected chi connectivity index (χ1v) is 3.44. The maximum atomic E-state index is 10.3. The van der Waals surface area contributed by atoms with Crippen molar-refractivity contribution in [3.63, 3.8) is 0 Å². The number of aromatic amines is 1. The van der Waals surface area contributed by atoms with Crippen LogP contribution >= 0.6 is 0 Å². The molecule has 1 N–H and O–H groups in total. The number of carbonyl (C=O) groups excluding carboxylic acids is 1. The van der Waals surface area contributed by atoms with Crippen molar-refractivity contribution in [1.29, 1.82) is 0 Å². The molecule has 0 fully saturated rings. The Kier molecular flexibility index (Phi) is 1.36. The number of aryl methyl sites for hydroxylation is 1. The van der Waals surface area contributed by atoms with E-state index in [1.54, 1.807) is 13.1 Å². The molecule has 0 radical (unpaired) electrons. The van der Waals surface area contributed by atoms with Gasteiger partial charge in [-0.1, -0.05) is 0 Å². The number of hydrogen-bond donors (Lipinski definition) is 1. The second-order valence-corrected chi connectivity index (χ2v) is 2.39. The summed E-state index contributed by atoms with van der Waals surface area (Å²) in [4.78, 5) is 25.0. The standard InChI is InChI=1S/C7H6N4O/c1-4-8-2-5-7(9-4)11-6(3-12)10-5/h2-3H,1H3,(H,8,9,10,11). The van der Waals surface area contributed by atoms with Crippen molar-refractivity contribution in [2.24, 2.45) is 0 Å². The topological polar surface area (TPSA) is 71.5 Å². The normalized spacial score (nSPS) is 10.4. The molecule has 2 rings (SSSR count). The number of fused-ring (bicyclic) bond motifs is 1. The van der Waals surface area contributed by atoms with Crippen molar-refractivity contribution >= 4 is 17.5 Å². The lowest BCUT2D eigenvalue weighted by molar-refractivity contribution is 0.111. The Morgan fingerprint density at radius 3 is 3.08 bits per heavy atom. The maximum absolute atomic E-state index is 10.3. The molecule has 0 aromatic carbocycles. The lowest BCUT2D eigenvalue weighted by atomic mass is 10.5. The summed E-state index contributed by atoms with van der Waals surface area (Å²) < 4.78 is 0. The Morgan fingerprint density at radius 2 is 2.33 bits per heavy atom. The summed E-state index contributed by atoms with van der Waals surface area (Å²) in [5.41, 5.74) is 1.22. The Morgan fingerprint density at radius 1 is 1.50 bits per heavy atom. The van der Waals surface area contributed by atoms with E-state index < -0.39 is 0 Å². The summed E-state index contributed by atoms with van der Waals surface area (Å²) in [5.74, 6) is 0.927. The predicted molar refractivity (Wildman–Crippen MR) is 41.8 cm³/mol. The van der Waals surface area contributed by atoms with E-state index in [0.717, 1.165) is 0 Å². The van der Waals surface area contributed by atoms with Gasteiger partial charge in [0.1, 0.15) is 11.3 Å². The predicted octanol–water partition coefficient (Wildman–Crippen LogP) is 0.474. The Bertz CT molecular complexity index is 434. The molecule has 2 heterocycles. The molecule has 5 heteroatoms. The van der Waals surface area contributed by atoms with Gasteiger partial charge in [-0.15, -0.1) is 0 Å². The molecule has 0 atom stereocenters. The largest absolute Gasteiger partial charge is 0.333 e. The Labute approximate surface area is 67.9 Å². The number of rotatable bonds is 1. The fraction of sp³-hybridized carbons (Fsp3) is 0.143. The molecule has 2 aromatic rings. The van der Waals surface area contributed by atoms with Crippen LogP contribution < -0.4 is 0 Å². The smallest absolute Gasteiger partial charge is 0.185 e. The van der Waals surface area contributed by atoms with Crippen LogP contribution in [0.4, 0.5) is 0 Å². The van der Waals surface area contributed by atoms with Crippen LogP contribution in [-0.2, 0) is 0 Å². The zero-order chi connectivity index (χ0) is 8.55. The molecule has 2 aromatic heterocycles. The van der Waals surface area contributed by atoms with Gasteiger partial charge in [0.15, 0.2) is 17.8 Å². The molecule has 0 saturated heterocycles. The van der Waals surface area contributed by atoms with Crippen LogP contribution in [0.25, 0.3) is 11.2 Å². The van der Waals surface area contributed by atoms with Gasteiger partial charge in [-0.2, -0.15) is 0 Å². The summed E-state index contributed by atoms with van der Waals surface area (Å²) in [5, 5.41) is 0. The SMILES string of the molecule is Cc1ncc2[nH]c(C=O)nc2n1. The van der Waals surface area contributed by atoms with Crippen molar-refractivity contribution < 1.29 is 4.79 Å². The number of carbonyl (C=O) groups is 1. The molecule has 5 nitrogen and oxygen atoms in total. The van der Waals surface area contributed by atoms with E-state index in [1.807, 2.05) is 0 Å². The quantitative estimate of drug-likeness (QED) is 0.619. The highest BCUT2D eigenvalue weighted by Crippen LogP contribution is 2.05. The number of nitrogens with one attached hydrogen (secondary N) is 1. The molecule has 0 amide bonds. The van der Waals surface area contributed by atoms with E-state index in [2.05, 4.69) is 19.9 Å². The lowest BCUT2D eigenvalue weighted by Crippen LogP contribution is -1.85. The zero-order valence-corrected chi connectivity index (χ0v) is 6.40. The van der Waals surface area contributed by atoms with E-state index in [9.17, 15) is 4.79 Å². The van der Waals surface area contributed by atoms with Gasteiger partial charge in [-0.25, -0.2) is 15.0 Å². The number of nitrogens with zero attached hydrogens (tertiary/aromatic N) is 3. The molecule has 0 unspecified atom stereocenters. The van der Waals surface area contributed by atoms with Crippen LogP contribution in [0.2, 0.25) is 0 Å². The van der Waals surface area contributed by atoms with Gasteiger partial charge in [0.2, 0.25) is 0 Å². The Hall–Kier alpha value is -1.78. The lowest BCUT2D eigenvalue weighted by Gasteiger charge is -1.87. The summed E-state index contributed by atoms with van der Waals surface area (Å²) >= 11 is 0. The summed E-state index contributed by atoms with van der Waals surface area (Å²) in [6, 6.07) is 0. The van der Waals surface area contributed by atoms with Crippen molar-refractivity contribution in [3.8, 4) is 0 Å². The average Bonchev–Trinajstić information content (AvgIpc) is 2.46. The van der Waals surface area contributed by atoms with Crippen molar-refractivity contribution in [2.45, 2.75) is 6.92 Å². The minimum absolute atomic E-state index is 0.282. The third-order valence-corrected chi connectivity index (χ3v) is 1.49. The second-order valence-electron chi connectivity index (χ2n) is 2.39. The van der Waals surface area contributed by atoms with Gasteiger partial charge < -0.3 is 4.98 Å². The van der Waals surface area contributed by atoms with Crippen LogP contribution in [0.15, 0.2) is 6.20 Å². The molecule has 60 valence electrons. The average molecular weight is 162 g/mol. The van der Waals surface area contributed by atoms with Gasteiger partial charge in [0.25, 0.3) is 0 Å². The molecular weight excluding hydrogens is 156 g/mol. The number of aldehydes is 1. The third kappa shape index (κ3) is 0.952. The molecule has 0 spiro atoms.